The second-order valence-electron chi connectivity index (χ2n) is 8.50. The number of carbonyl (C=O) groups is 1. The van der Waals surface area contributed by atoms with Crippen LogP contribution in [0.3, 0.4) is 0 Å². The molecule has 0 saturated carbocycles. The maximum atomic E-state index is 11.7. The summed E-state index contributed by atoms with van der Waals surface area (Å²) < 4.78 is 17.7. The molecular formula is C26H32BrN5O4. The Labute approximate surface area is 219 Å². The Bertz CT molecular complexity index is 1170. The topological polar surface area (TPSA) is 89.1 Å². The first kappa shape index (κ1) is 26.1. The smallest absolute Gasteiger partial charge is 0.320 e. The van der Waals surface area contributed by atoms with E-state index in [1.54, 1.807) is 13.4 Å². The van der Waals surface area contributed by atoms with Gasteiger partial charge in [0.15, 0.2) is 11.5 Å². The molecule has 1 aliphatic rings. The van der Waals surface area contributed by atoms with Gasteiger partial charge in [0.1, 0.15) is 12.1 Å². The van der Waals surface area contributed by atoms with Crippen molar-refractivity contribution in [3.05, 3.63) is 47.2 Å². The SMILES string of the molecule is CCOC(=O)CN1CCN(CCCOc2cc3ncnc(Nc4cccc(Br)c4)c3cc2OC)CC1. The number of esters is 1. The third-order valence-corrected chi connectivity index (χ3v) is 6.50. The number of hydrogen-bond donors (Lipinski definition) is 1. The number of nitrogens with zero attached hydrogens (tertiary/aromatic N) is 4. The van der Waals surface area contributed by atoms with Gasteiger partial charge in [-0.15, -0.1) is 0 Å². The highest BCUT2D eigenvalue weighted by Crippen LogP contribution is 2.35. The number of carbonyl (C=O) groups excluding carboxylic acids is 1. The van der Waals surface area contributed by atoms with Crippen molar-refractivity contribution in [3.8, 4) is 11.5 Å². The number of hydrogen-bond acceptors (Lipinski definition) is 9. The van der Waals surface area contributed by atoms with Crippen LogP contribution in [0, 0.1) is 0 Å². The molecule has 1 fully saturated rings. The number of benzene rings is 2. The largest absolute Gasteiger partial charge is 0.493 e. The molecule has 0 aliphatic carbocycles. The van der Waals surface area contributed by atoms with E-state index in [4.69, 9.17) is 14.2 Å². The standard InChI is InChI=1S/C26H32BrN5O4/c1-3-35-25(33)17-32-11-9-31(10-12-32)8-5-13-36-24-16-22-21(15-23(24)34-2)26(29-18-28-22)30-20-7-4-6-19(27)14-20/h4,6-7,14-16,18H,3,5,8-13,17H2,1-2H3,(H,28,29,30). The van der Waals surface area contributed by atoms with Gasteiger partial charge in [0.2, 0.25) is 0 Å². The summed E-state index contributed by atoms with van der Waals surface area (Å²) in [5.74, 6) is 1.86. The van der Waals surface area contributed by atoms with Crippen LogP contribution >= 0.6 is 15.9 Å². The molecule has 0 spiro atoms. The average Bonchev–Trinajstić information content (AvgIpc) is 2.87. The third-order valence-electron chi connectivity index (χ3n) is 6.01. The van der Waals surface area contributed by atoms with E-state index in [1.165, 1.54) is 0 Å². The summed E-state index contributed by atoms with van der Waals surface area (Å²) in [7, 11) is 1.63. The van der Waals surface area contributed by atoms with E-state index in [0.29, 0.717) is 37.1 Å². The van der Waals surface area contributed by atoms with Gasteiger partial charge in [-0.2, -0.15) is 0 Å². The highest BCUT2D eigenvalue weighted by atomic mass is 79.9. The number of ether oxygens (including phenoxy) is 3. The van der Waals surface area contributed by atoms with Gasteiger partial charge in [-0.25, -0.2) is 9.97 Å². The molecule has 9 nitrogen and oxygen atoms in total. The Morgan fingerprint density at radius 2 is 1.89 bits per heavy atom. The lowest BCUT2D eigenvalue weighted by atomic mass is 10.2. The van der Waals surface area contributed by atoms with Crippen LogP contribution in [0.15, 0.2) is 47.2 Å². The summed E-state index contributed by atoms with van der Waals surface area (Å²) in [6.07, 6.45) is 2.43. The predicted octanol–water partition coefficient (Wildman–Crippen LogP) is 4.09. The minimum Gasteiger partial charge on any atom is -0.493 e. The van der Waals surface area contributed by atoms with Crippen molar-refractivity contribution < 1.29 is 19.0 Å². The lowest BCUT2D eigenvalue weighted by Crippen LogP contribution is -2.48. The highest BCUT2D eigenvalue weighted by Gasteiger charge is 2.19. The fourth-order valence-electron chi connectivity index (χ4n) is 4.17. The van der Waals surface area contributed by atoms with Crippen molar-refractivity contribution in [1.82, 2.24) is 19.8 Å². The molecule has 2 heterocycles. The molecule has 36 heavy (non-hydrogen) atoms. The van der Waals surface area contributed by atoms with Gasteiger partial charge < -0.3 is 24.4 Å². The van der Waals surface area contributed by atoms with E-state index in [-0.39, 0.29) is 5.97 Å². The van der Waals surface area contributed by atoms with Crippen LogP contribution in [0.5, 0.6) is 11.5 Å². The van der Waals surface area contributed by atoms with Crippen molar-refractivity contribution in [2.75, 3.05) is 64.9 Å². The van der Waals surface area contributed by atoms with Crippen LogP contribution in [0.1, 0.15) is 13.3 Å². The zero-order valence-corrected chi connectivity index (χ0v) is 22.3. The van der Waals surface area contributed by atoms with E-state index in [0.717, 1.165) is 60.2 Å². The molecule has 2 aromatic carbocycles. The summed E-state index contributed by atoms with van der Waals surface area (Å²) in [4.78, 5) is 25.1. The normalized spacial score (nSPS) is 14.5. The van der Waals surface area contributed by atoms with Gasteiger partial charge >= 0.3 is 5.97 Å². The van der Waals surface area contributed by atoms with Crippen molar-refractivity contribution >= 4 is 44.3 Å². The first-order valence-corrected chi connectivity index (χ1v) is 12.9. The molecule has 1 N–H and O–H groups in total. The zero-order chi connectivity index (χ0) is 25.3. The number of rotatable bonds is 11. The molecule has 0 unspecified atom stereocenters. The minimum atomic E-state index is -0.148. The second kappa shape index (κ2) is 12.8. The lowest BCUT2D eigenvalue weighted by Gasteiger charge is -2.34. The van der Waals surface area contributed by atoms with Crippen molar-refractivity contribution in [2.45, 2.75) is 13.3 Å². The number of anilines is 2. The van der Waals surface area contributed by atoms with Crippen LogP contribution in [0.25, 0.3) is 10.9 Å². The Morgan fingerprint density at radius 3 is 2.64 bits per heavy atom. The molecule has 10 heteroatoms. The summed E-state index contributed by atoms with van der Waals surface area (Å²) >= 11 is 3.50. The molecule has 192 valence electrons. The molecule has 4 rings (SSSR count). The van der Waals surface area contributed by atoms with Crippen molar-refractivity contribution in [2.24, 2.45) is 0 Å². The second-order valence-corrected chi connectivity index (χ2v) is 9.42. The predicted molar refractivity (Wildman–Crippen MR) is 143 cm³/mol. The number of halogens is 1. The van der Waals surface area contributed by atoms with Crippen LogP contribution in [-0.4, -0.2) is 85.3 Å². The van der Waals surface area contributed by atoms with E-state index in [9.17, 15) is 4.79 Å². The van der Waals surface area contributed by atoms with Crippen LogP contribution in [0.2, 0.25) is 0 Å². The molecule has 0 radical (unpaired) electrons. The summed E-state index contributed by atoms with van der Waals surface area (Å²) in [6, 6.07) is 11.7. The van der Waals surface area contributed by atoms with Crippen LogP contribution in [-0.2, 0) is 9.53 Å². The third kappa shape index (κ3) is 7.05. The number of nitrogens with one attached hydrogen (secondary N) is 1. The fraction of sp³-hybridized carbons (Fsp3) is 0.423. The summed E-state index contributed by atoms with van der Waals surface area (Å²) in [5.41, 5.74) is 1.70. The molecule has 0 bridgehead atoms. The summed E-state index contributed by atoms with van der Waals surface area (Å²) in [6.45, 7) is 7.74. The van der Waals surface area contributed by atoms with Crippen LogP contribution in [0.4, 0.5) is 11.5 Å². The maximum Gasteiger partial charge on any atom is 0.320 e. The maximum absolute atomic E-state index is 11.7. The average molecular weight is 558 g/mol. The first-order valence-electron chi connectivity index (χ1n) is 12.1. The van der Waals surface area contributed by atoms with Gasteiger partial charge in [-0.05, 0) is 37.6 Å². The van der Waals surface area contributed by atoms with E-state index in [2.05, 4.69) is 41.0 Å². The van der Waals surface area contributed by atoms with Gasteiger partial charge in [0.25, 0.3) is 0 Å². The molecule has 0 amide bonds. The van der Waals surface area contributed by atoms with Gasteiger partial charge in [0.05, 0.1) is 32.4 Å². The molecule has 1 saturated heterocycles. The molecule has 1 aliphatic heterocycles. The van der Waals surface area contributed by atoms with Crippen LogP contribution < -0.4 is 14.8 Å². The number of piperazine rings is 1. The van der Waals surface area contributed by atoms with E-state index >= 15 is 0 Å². The van der Waals surface area contributed by atoms with Gasteiger partial charge in [-0.1, -0.05) is 22.0 Å². The Morgan fingerprint density at radius 1 is 1.08 bits per heavy atom. The quantitative estimate of drug-likeness (QED) is 0.276. The van der Waals surface area contributed by atoms with Crippen molar-refractivity contribution in [3.63, 3.8) is 0 Å². The number of aromatic nitrogens is 2. The Kier molecular flexibility index (Phi) is 9.32. The van der Waals surface area contributed by atoms with E-state index < -0.39 is 0 Å². The first-order chi connectivity index (χ1) is 17.6. The molecule has 3 aromatic rings. The number of fused-ring (bicyclic) bond motifs is 1. The van der Waals surface area contributed by atoms with E-state index in [1.807, 2.05) is 43.3 Å². The Balaban J connectivity index is 1.31. The summed E-state index contributed by atoms with van der Waals surface area (Å²) in [5, 5.41) is 4.20. The molecular weight excluding hydrogens is 526 g/mol. The van der Waals surface area contributed by atoms with Gasteiger partial charge in [0, 0.05) is 54.3 Å². The highest BCUT2D eigenvalue weighted by molar-refractivity contribution is 9.10. The monoisotopic (exact) mass is 557 g/mol. The van der Waals surface area contributed by atoms with Gasteiger partial charge in [-0.3, -0.25) is 9.69 Å². The minimum absolute atomic E-state index is 0.148. The lowest BCUT2D eigenvalue weighted by molar-refractivity contribution is -0.144. The molecule has 0 atom stereocenters. The molecule has 1 aromatic heterocycles. The number of methoxy groups -OCH3 is 1. The zero-order valence-electron chi connectivity index (χ0n) is 20.7. The fourth-order valence-corrected chi connectivity index (χ4v) is 4.57. The van der Waals surface area contributed by atoms with Crippen molar-refractivity contribution in [1.29, 1.82) is 0 Å². The Hall–Kier alpha value is -2.95.